The Labute approximate surface area is 172 Å². The van der Waals surface area contributed by atoms with Crippen LogP contribution in [0.3, 0.4) is 0 Å². The van der Waals surface area contributed by atoms with Crippen molar-refractivity contribution >= 4 is 29.1 Å². The molecule has 2 amide bonds. The lowest BCUT2D eigenvalue weighted by Crippen LogP contribution is -2.38. The number of anilines is 1. The van der Waals surface area contributed by atoms with Gasteiger partial charge >= 0.3 is 0 Å². The quantitative estimate of drug-likeness (QED) is 0.658. The molecule has 0 aliphatic rings. The van der Waals surface area contributed by atoms with Crippen LogP contribution in [0.5, 0.6) is 0 Å². The van der Waals surface area contributed by atoms with Crippen molar-refractivity contribution < 1.29 is 9.59 Å². The number of halogens is 1. The molecule has 0 saturated carbocycles. The van der Waals surface area contributed by atoms with Gasteiger partial charge in [0, 0.05) is 42.3 Å². The molecule has 0 aromatic heterocycles. The highest BCUT2D eigenvalue weighted by Crippen LogP contribution is 2.21. The average Bonchev–Trinajstić information content (AvgIpc) is 2.72. The Morgan fingerprint density at radius 3 is 2.32 bits per heavy atom. The predicted octanol–water partition coefficient (Wildman–Crippen LogP) is 3.83. The highest BCUT2D eigenvalue weighted by Gasteiger charge is 2.19. The van der Waals surface area contributed by atoms with Crippen LogP contribution in [0.1, 0.15) is 30.6 Å². The first-order chi connectivity index (χ1) is 13.5. The lowest BCUT2D eigenvalue weighted by Gasteiger charge is -2.23. The molecule has 0 radical (unpaired) electrons. The van der Waals surface area contributed by atoms with E-state index in [1.54, 1.807) is 35.2 Å². The highest BCUT2D eigenvalue weighted by molar-refractivity contribution is 6.31. The fourth-order valence-electron chi connectivity index (χ4n) is 2.92. The molecule has 0 unspecified atom stereocenters. The van der Waals surface area contributed by atoms with Crippen molar-refractivity contribution in [2.45, 2.75) is 20.3 Å². The van der Waals surface area contributed by atoms with Gasteiger partial charge in [0.25, 0.3) is 5.91 Å². The van der Waals surface area contributed by atoms with E-state index in [2.05, 4.69) is 24.1 Å². The Morgan fingerprint density at radius 1 is 0.964 bits per heavy atom. The smallest absolute Gasteiger partial charge is 0.258 e. The fraction of sp³-hybridized carbons (Fsp3) is 0.364. The van der Waals surface area contributed by atoms with Gasteiger partial charge in [0.05, 0.1) is 0 Å². The second-order valence-electron chi connectivity index (χ2n) is 6.43. The maximum atomic E-state index is 13.0. The number of nitrogens with one attached hydrogen (secondary N) is 1. The van der Waals surface area contributed by atoms with Gasteiger partial charge in [0.15, 0.2) is 0 Å². The lowest BCUT2D eigenvalue weighted by molar-refractivity contribution is -0.120. The minimum Gasteiger partial charge on any atom is -0.355 e. The number of carbonyl (C=O) groups is 2. The summed E-state index contributed by atoms with van der Waals surface area (Å²) in [5.41, 5.74) is 1.25. The summed E-state index contributed by atoms with van der Waals surface area (Å²) in [4.78, 5) is 29.1. The molecule has 1 N–H and O–H groups in total. The number of nitrogens with zero attached hydrogens (tertiary/aromatic N) is 2. The van der Waals surface area contributed by atoms with E-state index in [0.29, 0.717) is 22.8 Å². The van der Waals surface area contributed by atoms with Gasteiger partial charge in [-0.1, -0.05) is 49.7 Å². The molecule has 0 fully saturated rings. The van der Waals surface area contributed by atoms with Gasteiger partial charge in [-0.25, -0.2) is 0 Å². The zero-order valence-electron chi connectivity index (χ0n) is 16.5. The van der Waals surface area contributed by atoms with Crippen LogP contribution in [0.4, 0.5) is 5.69 Å². The third-order valence-electron chi connectivity index (χ3n) is 4.59. The molecule has 0 aliphatic carbocycles. The van der Waals surface area contributed by atoms with Crippen LogP contribution in [0, 0.1) is 0 Å². The molecule has 2 aromatic rings. The van der Waals surface area contributed by atoms with Crippen LogP contribution in [-0.2, 0) is 4.79 Å². The van der Waals surface area contributed by atoms with E-state index in [0.717, 1.165) is 19.6 Å². The molecule has 0 atom stereocenters. The second-order valence-corrected chi connectivity index (χ2v) is 6.87. The largest absolute Gasteiger partial charge is 0.355 e. The van der Waals surface area contributed by atoms with Gasteiger partial charge in [-0.15, -0.1) is 0 Å². The molecular formula is C22H28ClN3O2. The number of hydrogen-bond acceptors (Lipinski definition) is 3. The summed E-state index contributed by atoms with van der Waals surface area (Å²) in [5.74, 6) is -0.223. The van der Waals surface area contributed by atoms with Crippen LogP contribution < -0.4 is 10.2 Å². The van der Waals surface area contributed by atoms with E-state index in [1.807, 2.05) is 24.3 Å². The SMILES string of the molecule is CCN(CC)CCNC(=O)CCN(C(=O)c1ccccc1)c1cccc(Cl)c1. The standard InChI is InChI=1S/C22H28ClN3O2/c1-3-25(4-2)16-14-24-21(27)13-15-26(20-12-8-11-19(23)17-20)22(28)18-9-6-5-7-10-18/h5-12,17H,3-4,13-16H2,1-2H3,(H,24,27). The zero-order valence-corrected chi connectivity index (χ0v) is 17.3. The van der Waals surface area contributed by atoms with E-state index in [1.165, 1.54) is 0 Å². The molecule has 0 spiro atoms. The first kappa shape index (κ1) is 21.9. The van der Waals surface area contributed by atoms with E-state index in [4.69, 9.17) is 11.6 Å². The third-order valence-corrected chi connectivity index (χ3v) is 4.83. The molecule has 0 bridgehead atoms. The van der Waals surface area contributed by atoms with Crippen LogP contribution in [0.15, 0.2) is 54.6 Å². The number of likely N-dealkylation sites (N-methyl/N-ethyl adjacent to an activating group) is 1. The molecule has 5 nitrogen and oxygen atoms in total. The van der Waals surface area contributed by atoms with Gasteiger partial charge in [-0.05, 0) is 43.4 Å². The van der Waals surface area contributed by atoms with E-state index in [-0.39, 0.29) is 24.8 Å². The van der Waals surface area contributed by atoms with Crippen LogP contribution in [-0.4, -0.2) is 49.4 Å². The summed E-state index contributed by atoms with van der Waals surface area (Å²) in [6.45, 7) is 7.82. The molecule has 0 aliphatic heterocycles. The number of amides is 2. The van der Waals surface area contributed by atoms with Gasteiger partial charge < -0.3 is 15.1 Å². The molecule has 6 heteroatoms. The van der Waals surface area contributed by atoms with Crippen molar-refractivity contribution in [2.75, 3.05) is 37.6 Å². The van der Waals surface area contributed by atoms with Gasteiger partial charge in [-0.2, -0.15) is 0 Å². The summed E-state index contributed by atoms with van der Waals surface area (Å²) in [5, 5.41) is 3.48. The summed E-state index contributed by atoms with van der Waals surface area (Å²) in [7, 11) is 0. The molecular weight excluding hydrogens is 374 g/mol. The van der Waals surface area contributed by atoms with Gasteiger partial charge in [0.1, 0.15) is 0 Å². The number of rotatable bonds is 10. The molecule has 2 rings (SSSR count). The van der Waals surface area contributed by atoms with Crippen molar-refractivity contribution in [3.63, 3.8) is 0 Å². The maximum absolute atomic E-state index is 13.0. The van der Waals surface area contributed by atoms with Crippen molar-refractivity contribution in [1.82, 2.24) is 10.2 Å². The Kier molecular flexibility index (Phi) is 8.98. The van der Waals surface area contributed by atoms with Crippen LogP contribution in [0.25, 0.3) is 0 Å². The topological polar surface area (TPSA) is 52.7 Å². The van der Waals surface area contributed by atoms with E-state index in [9.17, 15) is 9.59 Å². The Hall–Kier alpha value is -2.37. The van der Waals surface area contributed by atoms with Crippen molar-refractivity contribution in [3.8, 4) is 0 Å². The van der Waals surface area contributed by atoms with Crippen molar-refractivity contribution in [3.05, 3.63) is 65.2 Å². The van der Waals surface area contributed by atoms with E-state index < -0.39 is 0 Å². The number of hydrogen-bond donors (Lipinski definition) is 1. The second kappa shape index (κ2) is 11.5. The summed E-state index contributed by atoms with van der Waals surface area (Å²) >= 11 is 6.11. The fourth-order valence-corrected chi connectivity index (χ4v) is 3.11. The summed E-state index contributed by atoms with van der Waals surface area (Å²) in [6.07, 6.45) is 0.226. The van der Waals surface area contributed by atoms with Gasteiger partial charge in [-0.3, -0.25) is 9.59 Å². The van der Waals surface area contributed by atoms with E-state index >= 15 is 0 Å². The minimum atomic E-state index is -0.154. The molecule has 28 heavy (non-hydrogen) atoms. The molecule has 2 aromatic carbocycles. The monoisotopic (exact) mass is 401 g/mol. The number of carbonyl (C=O) groups excluding carboxylic acids is 2. The third kappa shape index (κ3) is 6.66. The minimum absolute atomic E-state index is 0.0694. The molecule has 0 heterocycles. The summed E-state index contributed by atoms with van der Waals surface area (Å²) in [6, 6.07) is 16.2. The first-order valence-electron chi connectivity index (χ1n) is 9.66. The molecule has 150 valence electrons. The molecule has 0 saturated heterocycles. The maximum Gasteiger partial charge on any atom is 0.258 e. The average molecular weight is 402 g/mol. The first-order valence-corrected chi connectivity index (χ1v) is 10.0. The van der Waals surface area contributed by atoms with Crippen molar-refractivity contribution in [1.29, 1.82) is 0 Å². The lowest BCUT2D eigenvalue weighted by atomic mass is 10.1. The van der Waals surface area contributed by atoms with Gasteiger partial charge in [0.2, 0.25) is 5.91 Å². The van der Waals surface area contributed by atoms with Crippen LogP contribution >= 0.6 is 11.6 Å². The zero-order chi connectivity index (χ0) is 20.4. The van der Waals surface area contributed by atoms with Crippen LogP contribution in [0.2, 0.25) is 5.02 Å². The highest BCUT2D eigenvalue weighted by atomic mass is 35.5. The predicted molar refractivity (Wildman–Crippen MR) is 115 cm³/mol. The van der Waals surface area contributed by atoms with Crippen molar-refractivity contribution in [2.24, 2.45) is 0 Å². The Balaban J connectivity index is 2.02. The number of benzene rings is 2. The summed E-state index contributed by atoms with van der Waals surface area (Å²) < 4.78 is 0. The Morgan fingerprint density at radius 2 is 1.68 bits per heavy atom. The normalized spacial score (nSPS) is 10.7. The Bertz CT molecular complexity index is 763.